The third-order valence-corrected chi connectivity index (χ3v) is 2.54. The molecule has 0 amide bonds. The van der Waals surface area contributed by atoms with Crippen molar-refractivity contribution in [1.29, 1.82) is 0 Å². The van der Waals surface area contributed by atoms with Crippen molar-refractivity contribution in [2.75, 3.05) is 0 Å². The van der Waals surface area contributed by atoms with Crippen molar-refractivity contribution in [3.63, 3.8) is 0 Å². The summed E-state index contributed by atoms with van der Waals surface area (Å²) in [6.07, 6.45) is 0. The van der Waals surface area contributed by atoms with E-state index in [4.69, 9.17) is 11.6 Å². The predicted molar refractivity (Wildman–Crippen MR) is 71.6 cm³/mol. The highest BCUT2D eigenvalue weighted by Gasteiger charge is 2.04. The molecule has 1 nitrogen and oxygen atoms in total. The molecule has 2 aromatic carbocycles. The fraction of sp³-hybridized carbons (Fsp3) is 0. The van der Waals surface area contributed by atoms with Gasteiger partial charge in [0.15, 0.2) is 0 Å². The first-order chi connectivity index (χ1) is 7.81. The van der Waals surface area contributed by atoms with Gasteiger partial charge in [-0.05, 0) is 29.9 Å². The van der Waals surface area contributed by atoms with Crippen molar-refractivity contribution in [3.05, 3.63) is 53.6 Å². The summed E-state index contributed by atoms with van der Waals surface area (Å²) in [5, 5.41) is 3.01. The third-order valence-electron chi connectivity index (χ3n) is 2.21. The van der Waals surface area contributed by atoms with E-state index in [0.29, 0.717) is 5.02 Å². The molecule has 0 aliphatic heterocycles. The first kappa shape index (κ1) is 11.0. The van der Waals surface area contributed by atoms with Gasteiger partial charge in [0.1, 0.15) is 0 Å². The lowest BCUT2D eigenvalue weighted by molar-refractivity contribution is 1.53. The van der Waals surface area contributed by atoms with Gasteiger partial charge in [-0.25, -0.2) is 0 Å². The number of thiocarbonyl (C=S) groups is 1. The van der Waals surface area contributed by atoms with E-state index < -0.39 is 0 Å². The average Bonchev–Trinajstić information content (AvgIpc) is 2.31. The largest absolute Gasteiger partial charge is 0.194 e. The highest BCUT2D eigenvalue weighted by Crippen LogP contribution is 2.32. The van der Waals surface area contributed by atoms with Crippen LogP contribution < -0.4 is 0 Å². The van der Waals surface area contributed by atoms with Crippen molar-refractivity contribution in [2.45, 2.75) is 0 Å². The molecule has 2 aromatic rings. The minimum absolute atomic E-state index is 0.642. The van der Waals surface area contributed by atoms with Gasteiger partial charge in [-0.2, -0.15) is 4.99 Å². The quantitative estimate of drug-likeness (QED) is 0.550. The molecule has 0 heterocycles. The second-order valence-electron chi connectivity index (χ2n) is 3.23. The minimum Gasteiger partial charge on any atom is -0.194 e. The maximum atomic E-state index is 5.92. The van der Waals surface area contributed by atoms with Gasteiger partial charge >= 0.3 is 0 Å². The molecule has 0 atom stereocenters. The second-order valence-corrected chi connectivity index (χ2v) is 3.85. The normalized spacial score (nSPS) is 9.56. The smallest absolute Gasteiger partial charge is 0.0832 e. The molecular weight excluding hydrogens is 238 g/mol. The van der Waals surface area contributed by atoms with Crippen LogP contribution in [-0.4, -0.2) is 5.16 Å². The Balaban J connectivity index is 2.61. The summed E-state index contributed by atoms with van der Waals surface area (Å²) in [5.74, 6) is 0. The molecule has 0 saturated carbocycles. The van der Waals surface area contributed by atoms with Gasteiger partial charge in [0.2, 0.25) is 0 Å². The van der Waals surface area contributed by atoms with E-state index in [0.717, 1.165) is 16.8 Å². The first-order valence-corrected chi connectivity index (χ1v) is 5.53. The number of isothiocyanates is 1. The highest BCUT2D eigenvalue weighted by molar-refractivity contribution is 7.78. The maximum absolute atomic E-state index is 5.92. The van der Waals surface area contributed by atoms with Crippen molar-refractivity contribution >= 4 is 34.7 Å². The Hall–Kier alpha value is -1.47. The van der Waals surface area contributed by atoms with Gasteiger partial charge in [0.25, 0.3) is 0 Å². The SMILES string of the molecule is S=C=Nc1cc(Cl)ccc1-c1ccccc1. The molecule has 0 aliphatic rings. The van der Waals surface area contributed by atoms with Crippen molar-refractivity contribution in [1.82, 2.24) is 0 Å². The van der Waals surface area contributed by atoms with Crippen molar-refractivity contribution in [3.8, 4) is 11.1 Å². The lowest BCUT2D eigenvalue weighted by atomic mass is 10.0. The van der Waals surface area contributed by atoms with Crippen molar-refractivity contribution < 1.29 is 0 Å². The molecule has 0 spiro atoms. The topological polar surface area (TPSA) is 12.4 Å². The molecule has 78 valence electrons. The van der Waals surface area contributed by atoms with E-state index in [-0.39, 0.29) is 0 Å². The van der Waals surface area contributed by atoms with Crippen LogP contribution in [0.1, 0.15) is 0 Å². The summed E-state index contributed by atoms with van der Waals surface area (Å²) < 4.78 is 0. The maximum Gasteiger partial charge on any atom is 0.0832 e. The summed E-state index contributed by atoms with van der Waals surface area (Å²) in [6.45, 7) is 0. The van der Waals surface area contributed by atoms with Crippen LogP contribution in [0.4, 0.5) is 5.69 Å². The van der Waals surface area contributed by atoms with E-state index >= 15 is 0 Å². The number of nitrogens with zero attached hydrogens (tertiary/aromatic N) is 1. The summed E-state index contributed by atoms with van der Waals surface area (Å²) >= 11 is 10.5. The van der Waals surface area contributed by atoms with Crippen molar-refractivity contribution in [2.24, 2.45) is 4.99 Å². The predicted octanol–water partition coefficient (Wildman–Crippen LogP) is 4.74. The molecule has 0 unspecified atom stereocenters. The standard InChI is InChI=1S/C13H8ClNS/c14-11-6-7-12(13(8-11)15-9-16)10-4-2-1-3-5-10/h1-8H. The van der Waals surface area contributed by atoms with Crippen LogP contribution in [0.15, 0.2) is 53.5 Å². The molecular formula is C13H8ClNS. The number of hydrogen-bond acceptors (Lipinski definition) is 2. The highest BCUT2D eigenvalue weighted by atomic mass is 35.5. The lowest BCUT2D eigenvalue weighted by Gasteiger charge is -2.05. The fourth-order valence-corrected chi connectivity index (χ4v) is 1.77. The van der Waals surface area contributed by atoms with E-state index in [1.54, 1.807) is 6.07 Å². The number of rotatable bonds is 2. The second kappa shape index (κ2) is 5.04. The molecule has 0 radical (unpaired) electrons. The summed E-state index contributed by atoms with van der Waals surface area (Å²) in [4.78, 5) is 4.02. The summed E-state index contributed by atoms with van der Waals surface area (Å²) in [5.41, 5.74) is 2.83. The van der Waals surface area contributed by atoms with Crippen LogP contribution in [0, 0.1) is 0 Å². The molecule has 2 rings (SSSR count). The number of benzene rings is 2. The van der Waals surface area contributed by atoms with Crippen LogP contribution in [-0.2, 0) is 0 Å². The molecule has 16 heavy (non-hydrogen) atoms. The van der Waals surface area contributed by atoms with Gasteiger partial charge in [-0.15, -0.1) is 0 Å². The lowest BCUT2D eigenvalue weighted by Crippen LogP contribution is -1.78. The zero-order chi connectivity index (χ0) is 11.4. The Morgan fingerprint density at radius 1 is 1.06 bits per heavy atom. The molecule has 0 aliphatic carbocycles. The third kappa shape index (κ3) is 2.37. The Morgan fingerprint density at radius 2 is 1.81 bits per heavy atom. The van der Waals surface area contributed by atoms with Gasteiger partial charge in [-0.3, -0.25) is 0 Å². The summed E-state index contributed by atoms with van der Waals surface area (Å²) in [6, 6.07) is 15.5. The van der Waals surface area contributed by atoms with Crippen LogP contribution in [0.25, 0.3) is 11.1 Å². The molecule has 0 saturated heterocycles. The van der Waals surface area contributed by atoms with Crippen LogP contribution >= 0.6 is 23.8 Å². The van der Waals surface area contributed by atoms with Gasteiger partial charge in [0, 0.05) is 10.6 Å². The van der Waals surface area contributed by atoms with Crippen LogP contribution in [0.2, 0.25) is 5.02 Å². The number of aliphatic imine (C=N–C) groups is 1. The van der Waals surface area contributed by atoms with Crippen LogP contribution in [0.3, 0.4) is 0 Å². The molecule has 0 N–H and O–H groups in total. The van der Waals surface area contributed by atoms with Gasteiger partial charge in [0.05, 0.1) is 10.8 Å². The molecule has 0 aromatic heterocycles. The van der Waals surface area contributed by atoms with E-state index in [1.165, 1.54) is 0 Å². The molecule has 0 bridgehead atoms. The Kier molecular flexibility index (Phi) is 3.47. The van der Waals surface area contributed by atoms with E-state index in [2.05, 4.69) is 22.4 Å². The average molecular weight is 246 g/mol. The number of hydrogen-bond donors (Lipinski definition) is 0. The summed E-state index contributed by atoms with van der Waals surface area (Å²) in [7, 11) is 0. The van der Waals surface area contributed by atoms with Gasteiger partial charge in [-0.1, -0.05) is 48.0 Å². The number of halogens is 1. The monoisotopic (exact) mass is 245 g/mol. The first-order valence-electron chi connectivity index (χ1n) is 4.74. The zero-order valence-electron chi connectivity index (χ0n) is 8.35. The van der Waals surface area contributed by atoms with Gasteiger partial charge < -0.3 is 0 Å². The Bertz CT molecular complexity index is 545. The van der Waals surface area contributed by atoms with Crippen LogP contribution in [0.5, 0.6) is 0 Å². The Morgan fingerprint density at radius 3 is 2.50 bits per heavy atom. The van der Waals surface area contributed by atoms with E-state index in [1.807, 2.05) is 42.5 Å². The van der Waals surface area contributed by atoms with E-state index in [9.17, 15) is 0 Å². The molecule has 0 fully saturated rings. The fourth-order valence-electron chi connectivity index (χ4n) is 1.51. The zero-order valence-corrected chi connectivity index (χ0v) is 9.92. The minimum atomic E-state index is 0.642. The molecule has 3 heteroatoms. The Labute approximate surface area is 104 Å².